The second-order valence-electron chi connectivity index (χ2n) is 5.79. The lowest BCUT2D eigenvalue weighted by atomic mass is 10.1. The number of Topliss-reactive ketones (excluding diaryl/α,β-unsaturated/α-hetero) is 1. The molecule has 0 aliphatic rings. The molecule has 3 rings (SSSR count). The molecule has 0 unspecified atom stereocenters. The number of ether oxygens (including phenoxy) is 1. The molecule has 3 aromatic rings. The molecule has 134 valence electrons. The van der Waals surface area contributed by atoms with Gasteiger partial charge < -0.3 is 4.74 Å². The molecule has 0 saturated heterocycles. The topological polar surface area (TPSA) is 78.3 Å². The Labute approximate surface area is 154 Å². The SMILES string of the molecule is CCCCOC(=O)c1csc2ncn(CC(=O)c3ccccc3)c(=O)c12. The molecule has 0 saturated carbocycles. The van der Waals surface area contributed by atoms with E-state index in [-0.39, 0.29) is 23.3 Å². The van der Waals surface area contributed by atoms with Gasteiger partial charge in [0.05, 0.1) is 30.4 Å². The van der Waals surface area contributed by atoms with Crippen LogP contribution >= 0.6 is 11.3 Å². The van der Waals surface area contributed by atoms with Gasteiger partial charge in [-0.3, -0.25) is 14.2 Å². The normalized spacial score (nSPS) is 10.8. The first-order valence-electron chi connectivity index (χ1n) is 8.33. The molecule has 2 heterocycles. The Morgan fingerprint density at radius 1 is 1.23 bits per heavy atom. The lowest BCUT2D eigenvalue weighted by molar-refractivity contribution is 0.0502. The van der Waals surface area contributed by atoms with E-state index in [2.05, 4.69) is 4.98 Å². The molecule has 0 fully saturated rings. The summed E-state index contributed by atoms with van der Waals surface area (Å²) in [5.41, 5.74) is 0.312. The second kappa shape index (κ2) is 8.05. The van der Waals surface area contributed by atoms with E-state index < -0.39 is 11.5 Å². The van der Waals surface area contributed by atoms with Crippen molar-refractivity contribution >= 4 is 33.3 Å². The summed E-state index contributed by atoms with van der Waals surface area (Å²) in [5.74, 6) is -0.730. The van der Waals surface area contributed by atoms with Gasteiger partial charge in [-0.2, -0.15) is 0 Å². The van der Waals surface area contributed by atoms with Gasteiger partial charge in [-0.1, -0.05) is 43.7 Å². The predicted molar refractivity (Wildman–Crippen MR) is 99.8 cm³/mol. The standard InChI is InChI=1S/C19H18N2O4S/c1-2-3-9-25-19(24)14-11-26-17-16(14)18(23)21(12-20-17)10-15(22)13-7-5-4-6-8-13/h4-8,11-12H,2-3,9-10H2,1H3. The molecule has 0 radical (unpaired) electrons. The van der Waals surface area contributed by atoms with Crippen molar-refractivity contribution in [2.75, 3.05) is 6.61 Å². The molecular weight excluding hydrogens is 352 g/mol. The molecule has 1 aromatic carbocycles. The van der Waals surface area contributed by atoms with E-state index in [1.165, 1.54) is 22.2 Å². The van der Waals surface area contributed by atoms with E-state index in [9.17, 15) is 14.4 Å². The minimum atomic E-state index is -0.532. The highest BCUT2D eigenvalue weighted by molar-refractivity contribution is 7.17. The van der Waals surface area contributed by atoms with E-state index >= 15 is 0 Å². The second-order valence-corrected chi connectivity index (χ2v) is 6.64. The number of esters is 1. The Morgan fingerprint density at radius 2 is 2.00 bits per heavy atom. The van der Waals surface area contributed by atoms with Gasteiger partial charge in [0.2, 0.25) is 0 Å². The third-order valence-corrected chi connectivity index (χ3v) is 4.81. The van der Waals surface area contributed by atoms with Crippen LogP contribution in [-0.2, 0) is 11.3 Å². The third kappa shape index (κ3) is 3.72. The molecular formula is C19H18N2O4S. The summed E-state index contributed by atoms with van der Waals surface area (Å²) in [6.45, 7) is 2.18. The lowest BCUT2D eigenvalue weighted by Gasteiger charge is -2.06. The number of aromatic nitrogens is 2. The number of ketones is 1. The van der Waals surface area contributed by atoms with Crippen molar-refractivity contribution < 1.29 is 14.3 Å². The quantitative estimate of drug-likeness (QED) is 0.362. The maximum atomic E-state index is 12.8. The first-order valence-corrected chi connectivity index (χ1v) is 9.21. The molecule has 0 aliphatic carbocycles. The smallest absolute Gasteiger partial charge is 0.339 e. The largest absolute Gasteiger partial charge is 0.462 e. The van der Waals surface area contributed by atoms with Crippen LogP contribution in [0.5, 0.6) is 0 Å². The Kier molecular flexibility index (Phi) is 5.58. The van der Waals surface area contributed by atoms with Crippen LogP contribution < -0.4 is 5.56 Å². The van der Waals surface area contributed by atoms with E-state index in [4.69, 9.17) is 4.74 Å². The Bertz CT molecular complexity index is 992. The maximum Gasteiger partial charge on any atom is 0.339 e. The molecule has 0 amide bonds. The zero-order chi connectivity index (χ0) is 18.5. The fourth-order valence-corrected chi connectivity index (χ4v) is 3.35. The number of nitrogens with zero attached hydrogens (tertiary/aromatic N) is 2. The summed E-state index contributed by atoms with van der Waals surface area (Å²) in [6.07, 6.45) is 3.02. The number of hydrogen-bond donors (Lipinski definition) is 0. The number of fused-ring (bicyclic) bond motifs is 1. The van der Waals surface area contributed by atoms with Crippen LogP contribution in [0.1, 0.15) is 40.5 Å². The van der Waals surface area contributed by atoms with Gasteiger partial charge in [-0.15, -0.1) is 11.3 Å². The molecule has 6 nitrogen and oxygen atoms in total. The van der Waals surface area contributed by atoms with Crippen molar-refractivity contribution in [2.24, 2.45) is 0 Å². The van der Waals surface area contributed by atoms with Crippen molar-refractivity contribution in [1.82, 2.24) is 9.55 Å². The van der Waals surface area contributed by atoms with Crippen molar-refractivity contribution in [3.05, 3.63) is 63.5 Å². The number of carbonyl (C=O) groups excluding carboxylic acids is 2. The summed E-state index contributed by atoms with van der Waals surface area (Å²) in [7, 11) is 0. The first-order chi connectivity index (χ1) is 12.6. The lowest BCUT2D eigenvalue weighted by Crippen LogP contribution is -2.25. The van der Waals surface area contributed by atoms with Crippen LogP contribution in [0.25, 0.3) is 10.2 Å². The Hall–Kier alpha value is -2.80. The fourth-order valence-electron chi connectivity index (χ4n) is 2.49. The summed E-state index contributed by atoms with van der Waals surface area (Å²) in [5, 5.41) is 1.79. The number of rotatable bonds is 7. The van der Waals surface area contributed by atoms with E-state index in [1.807, 2.05) is 13.0 Å². The molecule has 0 bridgehead atoms. The number of benzene rings is 1. The monoisotopic (exact) mass is 370 g/mol. The molecule has 0 spiro atoms. The van der Waals surface area contributed by atoms with Crippen molar-refractivity contribution in [1.29, 1.82) is 0 Å². The van der Waals surface area contributed by atoms with Crippen molar-refractivity contribution in [3.63, 3.8) is 0 Å². The van der Waals surface area contributed by atoms with Crippen LogP contribution in [0.15, 0.2) is 46.8 Å². The van der Waals surface area contributed by atoms with Crippen molar-refractivity contribution in [3.8, 4) is 0 Å². The number of hydrogen-bond acceptors (Lipinski definition) is 6. The fraction of sp³-hybridized carbons (Fsp3) is 0.263. The minimum Gasteiger partial charge on any atom is -0.462 e. The van der Waals surface area contributed by atoms with E-state index in [0.29, 0.717) is 17.0 Å². The van der Waals surface area contributed by atoms with E-state index in [1.54, 1.807) is 29.6 Å². The van der Waals surface area contributed by atoms with E-state index in [0.717, 1.165) is 12.8 Å². The summed E-state index contributed by atoms with van der Waals surface area (Å²) in [4.78, 5) is 42.1. The van der Waals surface area contributed by atoms with Crippen LogP contribution in [0.2, 0.25) is 0 Å². The van der Waals surface area contributed by atoms with Gasteiger partial charge in [0.15, 0.2) is 5.78 Å². The van der Waals surface area contributed by atoms with Crippen LogP contribution in [0.4, 0.5) is 0 Å². The summed E-state index contributed by atoms with van der Waals surface area (Å²) >= 11 is 1.21. The Morgan fingerprint density at radius 3 is 2.73 bits per heavy atom. The molecule has 2 aromatic heterocycles. The highest BCUT2D eigenvalue weighted by atomic mass is 32.1. The predicted octanol–water partition coefficient (Wildman–Crippen LogP) is 3.30. The van der Waals surface area contributed by atoms with Crippen LogP contribution in [0, 0.1) is 0 Å². The zero-order valence-corrected chi connectivity index (χ0v) is 15.1. The summed E-state index contributed by atoms with van der Waals surface area (Å²) < 4.78 is 6.43. The van der Waals surface area contributed by atoms with Gasteiger partial charge in [0.1, 0.15) is 4.83 Å². The highest BCUT2D eigenvalue weighted by Gasteiger charge is 2.19. The number of thiophene rings is 1. The molecule has 0 atom stereocenters. The Balaban J connectivity index is 1.90. The minimum absolute atomic E-state index is 0.133. The highest BCUT2D eigenvalue weighted by Crippen LogP contribution is 2.21. The van der Waals surface area contributed by atoms with Gasteiger partial charge in [0, 0.05) is 10.9 Å². The third-order valence-electron chi connectivity index (χ3n) is 3.92. The number of carbonyl (C=O) groups is 2. The summed E-state index contributed by atoms with van der Waals surface area (Å²) in [6, 6.07) is 8.74. The number of unbranched alkanes of at least 4 members (excludes halogenated alkanes) is 1. The van der Waals surface area contributed by atoms with Gasteiger partial charge in [-0.25, -0.2) is 9.78 Å². The molecule has 7 heteroatoms. The van der Waals surface area contributed by atoms with Gasteiger partial charge >= 0.3 is 5.97 Å². The molecule has 26 heavy (non-hydrogen) atoms. The average Bonchev–Trinajstić information content (AvgIpc) is 3.10. The van der Waals surface area contributed by atoms with Gasteiger partial charge in [-0.05, 0) is 6.42 Å². The van der Waals surface area contributed by atoms with Crippen molar-refractivity contribution in [2.45, 2.75) is 26.3 Å². The molecule has 0 aliphatic heterocycles. The molecule has 0 N–H and O–H groups in total. The maximum absolute atomic E-state index is 12.8. The van der Waals surface area contributed by atoms with Crippen LogP contribution in [-0.4, -0.2) is 27.9 Å². The zero-order valence-electron chi connectivity index (χ0n) is 14.3. The first kappa shape index (κ1) is 18.0. The van der Waals surface area contributed by atoms with Gasteiger partial charge in [0.25, 0.3) is 5.56 Å². The average molecular weight is 370 g/mol. The van der Waals surface area contributed by atoms with Crippen LogP contribution in [0.3, 0.4) is 0 Å².